The van der Waals surface area contributed by atoms with Gasteiger partial charge < -0.3 is 5.32 Å². The quantitative estimate of drug-likeness (QED) is 0.869. The van der Waals surface area contributed by atoms with Crippen molar-refractivity contribution in [1.82, 2.24) is 5.32 Å². The van der Waals surface area contributed by atoms with Crippen LogP contribution in [0.4, 0.5) is 0 Å². The average molecular weight is 276 g/mol. The zero-order valence-electron chi connectivity index (χ0n) is 12.1. The fraction of sp³-hybridized carbons (Fsp3) is 0.562. The first-order valence-electron chi connectivity index (χ1n) is 7.17. The van der Waals surface area contributed by atoms with Crippen molar-refractivity contribution >= 4 is 16.9 Å². The third-order valence-electron chi connectivity index (χ3n) is 3.37. The van der Waals surface area contributed by atoms with Crippen LogP contribution in [0.2, 0.25) is 0 Å². The molecule has 1 heterocycles. The number of nitrogens with one attached hydrogen (secondary N) is 1. The number of amidine groups is 1. The molecular formula is C16H24N2S. The third-order valence-corrected chi connectivity index (χ3v) is 4.55. The minimum atomic E-state index is 0.487. The van der Waals surface area contributed by atoms with Crippen LogP contribution in [0.3, 0.4) is 0 Å². The molecule has 2 nitrogen and oxygen atoms in total. The summed E-state index contributed by atoms with van der Waals surface area (Å²) in [6.07, 6.45) is 2.49. The Labute approximate surface area is 121 Å². The molecule has 1 N–H and O–H groups in total. The molecule has 2 atom stereocenters. The molecule has 0 aromatic heterocycles. The molecule has 1 aliphatic heterocycles. The molecule has 1 aromatic rings. The van der Waals surface area contributed by atoms with E-state index in [4.69, 9.17) is 0 Å². The Kier molecular flexibility index (Phi) is 5.32. The van der Waals surface area contributed by atoms with E-state index in [9.17, 15) is 0 Å². The molecule has 1 aliphatic rings. The van der Waals surface area contributed by atoms with Gasteiger partial charge >= 0.3 is 0 Å². The summed E-state index contributed by atoms with van der Waals surface area (Å²) in [7, 11) is 0. The fourth-order valence-corrected chi connectivity index (χ4v) is 3.29. The second-order valence-corrected chi connectivity index (χ2v) is 6.87. The van der Waals surface area contributed by atoms with Gasteiger partial charge in [-0.3, -0.25) is 4.99 Å². The molecule has 0 spiro atoms. The Balaban J connectivity index is 1.78. The number of thioether (sulfide) groups is 1. The lowest BCUT2D eigenvalue weighted by molar-refractivity contribution is 0.494. The summed E-state index contributed by atoms with van der Waals surface area (Å²) in [5, 5.41) is 5.15. The second kappa shape index (κ2) is 6.99. The van der Waals surface area contributed by atoms with Crippen LogP contribution in [0, 0.1) is 5.92 Å². The van der Waals surface area contributed by atoms with Crippen molar-refractivity contribution in [2.24, 2.45) is 10.9 Å². The molecular weight excluding hydrogens is 252 g/mol. The lowest BCUT2D eigenvalue weighted by Crippen LogP contribution is -2.30. The van der Waals surface area contributed by atoms with Gasteiger partial charge in [-0.05, 0) is 31.2 Å². The minimum absolute atomic E-state index is 0.487. The van der Waals surface area contributed by atoms with Crippen molar-refractivity contribution in [1.29, 1.82) is 0 Å². The largest absolute Gasteiger partial charge is 0.362 e. The molecule has 2 unspecified atom stereocenters. The summed E-state index contributed by atoms with van der Waals surface area (Å²) in [6.45, 7) is 7.70. The molecule has 0 fully saturated rings. The van der Waals surface area contributed by atoms with Gasteiger partial charge in [-0.15, -0.1) is 0 Å². The molecule has 0 aliphatic carbocycles. The number of benzene rings is 1. The van der Waals surface area contributed by atoms with Gasteiger partial charge in [0.1, 0.15) is 0 Å². The maximum Gasteiger partial charge on any atom is 0.157 e. The van der Waals surface area contributed by atoms with Crippen LogP contribution < -0.4 is 5.32 Å². The molecule has 0 amide bonds. The van der Waals surface area contributed by atoms with Crippen molar-refractivity contribution in [3.05, 3.63) is 35.9 Å². The van der Waals surface area contributed by atoms with Gasteiger partial charge in [-0.25, -0.2) is 0 Å². The van der Waals surface area contributed by atoms with E-state index in [0.29, 0.717) is 11.3 Å². The second-order valence-electron chi connectivity index (χ2n) is 5.68. The molecule has 19 heavy (non-hydrogen) atoms. The molecule has 0 radical (unpaired) electrons. The highest BCUT2D eigenvalue weighted by molar-refractivity contribution is 8.14. The molecule has 0 saturated carbocycles. The van der Waals surface area contributed by atoms with Crippen molar-refractivity contribution in [2.45, 2.75) is 44.9 Å². The van der Waals surface area contributed by atoms with Crippen molar-refractivity contribution < 1.29 is 0 Å². The maximum atomic E-state index is 4.63. The summed E-state index contributed by atoms with van der Waals surface area (Å²) in [5.74, 6) is 0.777. The van der Waals surface area contributed by atoms with Crippen molar-refractivity contribution in [3.8, 4) is 0 Å². The Bertz CT molecular complexity index is 414. The number of hydrogen-bond donors (Lipinski definition) is 1. The fourth-order valence-electron chi connectivity index (χ4n) is 2.16. The van der Waals surface area contributed by atoms with E-state index < -0.39 is 0 Å². The van der Waals surface area contributed by atoms with Crippen molar-refractivity contribution in [2.75, 3.05) is 6.54 Å². The van der Waals surface area contributed by atoms with E-state index in [2.05, 4.69) is 61.4 Å². The van der Waals surface area contributed by atoms with E-state index >= 15 is 0 Å². The van der Waals surface area contributed by atoms with Gasteiger partial charge in [0.15, 0.2) is 5.17 Å². The van der Waals surface area contributed by atoms with Gasteiger partial charge in [0.2, 0.25) is 0 Å². The van der Waals surface area contributed by atoms with Crippen LogP contribution in [0.15, 0.2) is 35.3 Å². The average Bonchev–Trinajstić information content (AvgIpc) is 2.86. The summed E-state index contributed by atoms with van der Waals surface area (Å²) in [6, 6.07) is 11.2. The highest BCUT2D eigenvalue weighted by Crippen LogP contribution is 2.34. The summed E-state index contributed by atoms with van der Waals surface area (Å²) >= 11 is 1.87. The topological polar surface area (TPSA) is 24.4 Å². The molecule has 0 bridgehead atoms. The molecule has 1 aromatic carbocycles. The van der Waals surface area contributed by atoms with E-state index in [1.165, 1.54) is 18.4 Å². The molecule has 3 heteroatoms. The zero-order valence-corrected chi connectivity index (χ0v) is 12.9. The van der Waals surface area contributed by atoms with Crippen LogP contribution >= 0.6 is 11.8 Å². The molecule has 2 rings (SSSR count). The monoisotopic (exact) mass is 276 g/mol. The van der Waals surface area contributed by atoms with E-state index in [-0.39, 0.29) is 0 Å². The Morgan fingerprint density at radius 2 is 1.95 bits per heavy atom. The van der Waals surface area contributed by atoms with Crippen LogP contribution in [-0.4, -0.2) is 17.8 Å². The minimum Gasteiger partial charge on any atom is -0.362 e. The van der Waals surface area contributed by atoms with E-state index in [1.54, 1.807) is 0 Å². The number of rotatable bonds is 5. The Morgan fingerprint density at radius 1 is 1.21 bits per heavy atom. The summed E-state index contributed by atoms with van der Waals surface area (Å²) in [5.41, 5.74) is 1.38. The predicted molar refractivity (Wildman–Crippen MR) is 85.7 cm³/mol. The van der Waals surface area contributed by atoms with Gasteiger partial charge in [0.25, 0.3) is 0 Å². The number of hydrogen-bond acceptors (Lipinski definition) is 3. The molecule has 0 saturated heterocycles. The Morgan fingerprint density at radius 3 is 2.63 bits per heavy atom. The van der Waals surface area contributed by atoms with Gasteiger partial charge in [0.05, 0.1) is 11.8 Å². The van der Waals surface area contributed by atoms with Gasteiger partial charge in [-0.2, -0.15) is 0 Å². The van der Waals surface area contributed by atoms with E-state index in [1.807, 2.05) is 11.8 Å². The van der Waals surface area contributed by atoms with Crippen molar-refractivity contribution in [3.63, 3.8) is 0 Å². The Hall–Kier alpha value is -0.960. The highest BCUT2D eigenvalue weighted by Gasteiger charge is 2.21. The maximum absolute atomic E-state index is 4.63. The number of nitrogens with zero attached hydrogens (tertiary/aromatic N) is 1. The highest BCUT2D eigenvalue weighted by atomic mass is 32.2. The normalized spacial score (nSPS) is 20.4. The first-order valence-corrected chi connectivity index (χ1v) is 8.05. The predicted octanol–water partition coefficient (Wildman–Crippen LogP) is 4.24. The first-order chi connectivity index (χ1) is 9.15. The summed E-state index contributed by atoms with van der Waals surface area (Å²) in [4.78, 5) is 4.63. The SMILES string of the molecule is CC(C)CCC(C)NC1=NCC(c2ccccc2)S1. The van der Waals surface area contributed by atoms with Crippen LogP contribution in [0.5, 0.6) is 0 Å². The van der Waals surface area contributed by atoms with Crippen LogP contribution in [0.1, 0.15) is 44.4 Å². The third kappa shape index (κ3) is 4.57. The first kappa shape index (κ1) is 14.4. The van der Waals surface area contributed by atoms with Crippen LogP contribution in [0.25, 0.3) is 0 Å². The number of aliphatic imine (C=N–C) groups is 1. The zero-order chi connectivity index (χ0) is 13.7. The molecule has 104 valence electrons. The van der Waals surface area contributed by atoms with E-state index in [0.717, 1.165) is 17.6 Å². The smallest absolute Gasteiger partial charge is 0.157 e. The standard InChI is InChI=1S/C16H24N2S/c1-12(2)9-10-13(3)18-16-17-11-15(19-16)14-7-5-4-6-8-14/h4-8,12-13,15H,9-11H2,1-3H3,(H,17,18). The lowest BCUT2D eigenvalue weighted by atomic mass is 10.0. The summed E-state index contributed by atoms with van der Waals surface area (Å²) < 4.78 is 0. The van der Waals surface area contributed by atoms with Gasteiger partial charge in [-0.1, -0.05) is 55.9 Å². The lowest BCUT2D eigenvalue weighted by Gasteiger charge is -2.16. The van der Waals surface area contributed by atoms with Gasteiger partial charge in [0, 0.05) is 6.04 Å². The van der Waals surface area contributed by atoms with Crippen LogP contribution in [-0.2, 0) is 0 Å².